The monoisotopic (exact) mass is 427 g/mol. The average Bonchev–Trinajstić information content (AvgIpc) is 3.16. The van der Waals surface area contributed by atoms with Crippen molar-refractivity contribution in [1.29, 1.82) is 0 Å². The molecule has 0 aliphatic carbocycles. The largest absolute Gasteiger partial charge is 0.467 e. The maximum atomic E-state index is 12.7. The number of ether oxygens (including phenoxy) is 1. The van der Waals surface area contributed by atoms with Crippen molar-refractivity contribution >= 4 is 40.6 Å². The zero-order valence-electron chi connectivity index (χ0n) is 16.4. The van der Waals surface area contributed by atoms with E-state index in [0.717, 1.165) is 11.8 Å². The van der Waals surface area contributed by atoms with Crippen LogP contribution in [-0.2, 0) is 35.1 Å². The van der Waals surface area contributed by atoms with Crippen LogP contribution in [0, 0.1) is 0 Å². The van der Waals surface area contributed by atoms with Crippen molar-refractivity contribution in [2.75, 3.05) is 19.4 Å². The molecular weight excluding hydrogens is 402 g/mol. The second-order valence-corrected chi connectivity index (χ2v) is 7.06. The number of esters is 1. The number of nitrogens with zero attached hydrogens (tertiary/aromatic N) is 1. The summed E-state index contributed by atoms with van der Waals surface area (Å²) in [4.78, 5) is 65.4. The van der Waals surface area contributed by atoms with E-state index in [2.05, 4.69) is 30.7 Å². The number of methoxy groups -OCH3 is 1. The predicted octanol–water partition coefficient (Wildman–Crippen LogP) is -1.10. The van der Waals surface area contributed by atoms with Crippen LogP contribution in [-0.4, -0.2) is 70.3 Å². The van der Waals surface area contributed by atoms with E-state index in [1.807, 2.05) is 0 Å². The first-order valence-corrected chi connectivity index (χ1v) is 9.74. The smallest absolute Gasteiger partial charge is 0.329 e. The third-order valence-electron chi connectivity index (χ3n) is 3.58. The Morgan fingerprint density at radius 3 is 2.41 bits per heavy atom. The van der Waals surface area contributed by atoms with Crippen molar-refractivity contribution < 1.29 is 28.7 Å². The van der Waals surface area contributed by atoms with Crippen LogP contribution in [0.15, 0.2) is 12.5 Å². The van der Waals surface area contributed by atoms with Gasteiger partial charge < -0.3 is 25.7 Å². The predicted molar refractivity (Wildman–Crippen MR) is 105 cm³/mol. The number of nitrogens with one attached hydrogen (secondary N) is 4. The van der Waals surface area contributed by atoms with E-state index in [1.54, 1.807) is 0 Å². The molecular formula is C17H25N5O6S. The number of H-pyrrole nitrogens is 1. The van der Waals surface area contributed by atoms with E-state index < -0.39 is 35.0 Å². The van der Waals surface area contributed by atoms with E-state index in [4.69, 9.17) is 0 Å². The molecule has 0 aliphatic rings. The second kappa shape index (κ2) is 12.5. The van der Waals surface area contributed by atoms with Gasteiger partial charge in [0, 0.05) is 50.9 Å². The van der Waals surface area contributed by atoms with E-state index in [-0.39, 0.29) is 31.0 Å². The molecule has 0 aliphatic heterocycles. The van der Waals surface area contributed by atoms with Gasteiger partial charge in [-0.2, -0.15) is 0 Å². The van der Waals surface area contributed by atoms with Gasteiger partial charge in [-0.25, -0.2) is 9.78 Å². The van der Waals surface area contributed by atoms with Crippen molar-refractivity contribution in [3.63, 3.8) is 0 Å². The van der Waals surface area contributed by atoms with Crippen LogP contribution >= 0.6 is 11.8 Å². The van der Waals surface area contributed by atoms with Gasteiger partial charge in [-0.1, -0.05) is 11.8 Å². The summed E-state index contributed by atoms with van der Waals surface area (Å²) in [5, 5.41) is 7.15. The quantitative estimate of drug-likeness (QED) is 0.324. The Kier molecular flexibility index (Phi) is 10.4. The van der Waals surface area contributed by atoms with E-state index in [1.165, 1.54) is 33.5 Å². The minimum Gasteiger partial charge on any atom is -0.467 e. The number of aromatic amines is 1. The van der Waals surface area contributed by atoms with Crippen LogP contribution in [0.4, 0.5) is 0 Å². The molecule has 0 spiro atoms. The van der Waals surface area contributed by atoms with Crippen LogP contribution in [0.1, 0.15) is 26.0 Å². The lowest BCUT2D eigenvalue weighted by Gasteiger charge is -2.19. The van der Waals surface area contributed by atoms with Crippen molar-refractivity contribution in [2.45, 2.75) is 38.8 Å². The fourth-order valence-electron chi connectivity index (χ4n) is 2.25. The molecule has 160 valence electrons. The standard InChI is InChI=1S/C17H25N5O6S/c1-10(23)19-5-4-15(25)22-13(6-12-7-18-9-20-12)17(27)29-8-14(16(26)28-3)21-11(2)24/h7,9,13-14H,4-6,8H2,1-3H3,(H,18,20)(H,19,23)(H,21,24)(H,22,25). The van der Waals surface area contributed by atoms with Gasteiger partial charge in [-0.15, -0.1) is 0 Å². The molecule has 1 aromatic rings. The number of thioether (sulfide) groups is 1. The normalized spacial score (nSPS) is 12.4. The molecule has 2 atom stereocenters. The van der Waals surface area contributed by atoms with Gasteiger partial charge in [0.05, 0.1) is 13.4 Å². The van der Waals surface area contributed by atoms with Gasteiger partial charge in [-0.3, -0.25) is 19.2 Å². The molecule has 1 heterocycles. The Hall–Kier alpha value is -2.89. The van der Waals surface area contributed by atoms with Gasteiger partial charge in [0.25, 0.3) is 0 Å². The molecule has 29 heavy (non-hydrogen) atoms. The van der Waals surface area contributed by atoms with Crippen molar-refractivity contribution in [3.8, 4) is 0 Å². The van der Waals surface area contributed by atoms with Crippen LogP contribution in [0.25, 0.3) is 0 Å². The number of hydrogen-bond acceptors (Lipinski definition) is 8. The molecule has 0 saturated heterocycles. The summed E-state index contributed by atoms with van der Waals surface area (Å²) in [5.74, 6) is -1.83. The Labute approximate surface area is 172 Å². The van der Waals surface area contributed by atoms with Crippen LogP contribution in [0.2, 0.25) is 0 Å². The molecule has 1 rings (SSSR count). The number of imidazole rings is 1. The number of carbonyl (C=O) groups excluding carboxylic acids is 5. The van der Waals surface area contributed by atoms with Gasteiger partial charge in [0.1, 0.15) is 12.1 Å². The third-order valence-corrected chi connectivity index (χ3v) is 4.65. The number of hydrogen-bond donors (Lipinski definition) is 4. The average molecular weight is 427 g/mol. The number of carbonyl (C=O) groups is 5. The highest BCUT2D eigenvalue weighted by atomic mass is 32.2. The molecule has 3 amide bonds. The van der Waals surface area contributed by atoms with Gasteiger partial charge in [0.15, 0.2) is 0 Å². The summed E-state index contributed by atoms with van der Waals surface area (Å²) in [6, 6.07) is -1.88. The molecule has 4 N–H and O–H groups in total. The minimum atomic E-state index is -0.991. The van der Waals surface area contributed by atoms with Crippen LogP contribution < -0.4 is 16.0 Å². The van der Waals surface area contributed by atoms with E-state index in [0.29, 0.717) is 5.69 Å². The fourth-order valence-corrected chi connectivity index (χ4v) is 3.14. The molecule has 0 saturated carbocycles. The highest BCUT2D eigenvalue weighted by molar-refractivity contribution is 8.13. The van der Waals surface area contributed by atoms with Crippen LogP contribution in [0.5, 0.6) is 0 Å². The molecule has 0 fully saturated rings. The molecule has 0 aromatic carbocycles. The van der Waals surface area contributed by atoms with Crippen molar-refractivity contribution in [3.05, 3.63) is 18.2 Å². The zero-order chi connectivity index (χ0) is 21.8. The number of aromatic nitrogens is 2. The van der Waals surface area contributed by atoms with Crippen molar-refractivity contribution in [2.24, 2.45) is 0 Å². The third kappa shape index (κ3) is 9.74. The van der Waals surface area contributed by atoms with E-state index in [9.17, 15) is 24.0 Å². The SMILES string of the molecule is COC(=O)C(CSC(=O)C(Cc1cnc[nH]1)NC(=O)CCNC(C)=O)NC(C)=O. The molecule has 11 nitrogen and oxygen atoms in total. The Morgan fingerprint density at radius 2 is 1.86 bits per heavy atom. The van der Waals surface area contributed by atoms with Crippen molar-refractivity contribution in [1.82, 2.24) is 25.9 Å². The molecule has 2 unspecified atom stereocenters. The Bertz CT molecular complexity index is 724. The summed E-state index contributed by atoms with van der Waals surface area (Å²) < 4.78 is 4.62. The highest BCUT2D eigenvalue weighted by Crippen LogP contribution is 2.12. The summed E-state index contributed by atoms with van der Waals surface area (Å²) in [6.45, 7) is 2.73. The maximum absolute atomic E-state index is 12.7. The van der Waals surface area contributed by atoms with E-state index >= 15 is 0 Å². The first-order valence-electron chi connectivity index (χ1n) is 8.75. The molecule has 0 radical (unpaired) electrons. The van der Waals surface area contributed by atoms with Gasteiger partial charge in [0.2, 0.25) is 22.8 Å². The Morgan fingerprint density at radius 1 is 1.14 bits per heavy atom. The van der Waals surface area contributed by atoms with Gasteiger partial charge in [-0.05, 0) is 0 Å². The lowest BCUT2D eigenvalue weighted by Crippen LogP contribution is -2.45. The topological polar surface area (TPSA) is 159 Å². The first-order chi connectivity index (χ1) is 13.7. The lowest BCUT2D eigenvalue weighted by molar-refractivity contribution is -0.144. The zero-order valence-corrected chi connectivity index (χ0v) is 17.3. The lowest BCUT2D eigenvalue weighted by atomic mass is 10.2. The Balaban J connectivity index is 2.73. The highest BCUT2D eigenvalue weighted by Gasteiger charge is 2.26. The molecule has 1 aromatic heterocycles. The second-order valence-electron chi connectivity index (χ2n) is 6.04. The van der Waals surface area contributed by atoms with Gasteiger partial charge >= 0.3 is 5.97 Å². The summed E-state index contributed by atoms with van der Waals surface area (Å²) in [7, 11) is 1.18. The first kappa shape index (κ1) is 24.1. The molecule has 0 bridgehead atoms. The maximum Gasteiger partial charge on any atom is 0.329 e. The summed E-state index contributed by atoms with van der Waals surface area (Å²) >= 11 is 0.798. The summed E-state index contributed by atoms with van der Waals surface area (Å²) in [6.07, 6.45) is 3.16. The summed E-state index contributed by atoms with van der Waals surface area (Å²) in [5.41, 5.74) is 0.637. The number of rotatable bonds is 11. The minimum absolute atomic E-state index is 0.00762. The molecule has 12 heteroatoms. The number of amides is 3. The van der Waals surface area contributed by atoms with Crippen LogP contribution in [0.3, 0.4) is 0 Å². The fraction of sp³-hybridized carbons (Fsp3) is 0.529.